The van der Waals surface area contributed by atoms with Crippen molar-refractivity contribution in [2.75, 3.05) is 27.2 Å². The quantitative estimate of drug-likeness (QED) is 0.814. The average molecular weight is 235 g/mol. The zero-order valence-electron chi connectivity index (χ0n) is 10.7. The van der Waals surface area contributed by atoms with Gasteiger partial charge in [0.05, 0.1) is 6.04 Å². The van der Waals surface area contributed by atoms with Crippen molar-refractivity contribution in [2.24, 2.45) is 0 Å². The fourth-order valence-corrected chi connectivity index (χ4v) is 1.69. The van der Waals surface area contributed by atoms with Crippen LogP contribution < -0.4 is 10.6 Å². The number of rotatable bonds is 5. The molecule has 0 heterocycles. The molecule has 1 atom stereocenters. The normalized spacial score (nSPS) is 12.2. The minimum absolute atomic E-state index is 0.115. The van der Waals surface area contributed by atoms with Gasteiger partial charge in [-0.3, -0.25) is 0 Å². The predicted molar refractivity (Wildman–Crippen MR) is 69.9 cm³/mol. The summed E-state index contributed by atoms with van der Waals surface area (Å²) >= 11 is 0. The molecule has 0 saturated carbocycles. The molecule has 0 aliphatic carbocycles. The largest absolute Gasteiger partial charge is 0.338 e. The summed E-state index contributed by atoms with van der Waals surface area (Å²) in [4.78, 5) is 13.5. The van der Waals surface area contributed by atoms with E-state index in [0.29, 0.717) is 13.1 Å². The Kier molecular flexibility index (Phi) is 5.49. The van der Waals surface area contributed by atoms with Gasteiger partial charge in [-0.05, 0) is 26.6 Å². The fraction of sp³-hybridized carbons (Fsp3) is 0.462. The number of likely N-dealkylation sites (N-methyl/N-ethyl adjacent to an activating group) is 1. The van der Waals surface area contributed by atoms with Crippen molar-refractivity contribution in [3.63, 3.8) is 0 Å². The molecule has 4 nitrogen and oxygen atoms in total. The second kappa shape index (κ2) is 6.91. The summed E-state index contributed by atoms with van der Waals surface area (Å²) < 4.78 is 0. The Hall–Kier alpha value is -1.55. The van der Waals surface area contributed by atoms with E-state index in [1.54, 1.807) is 0 Å². The monoisotopic (exact) mass is 235 g/mol. The van der Waals surface area contributed by atoms with Gasteiger partial charge in [0.15, 0.2) is 0 Å². The lowest BCUT2D eigenvalue weighted by Gasteiger charge is -2.25. The van der Waals surface area contributed by atoms with E-state index in [0.717, 1.165) is 0 Å². The summed E-state index contributed by atoms with van der Waals surface area (Å²) in [5, 5.41) is 5.59. The van der Waals surface area contributed by atoms with Gasteiger partial charge in [0.25, 0.3) is 0 Å². The van der Waals surface area contributed by atoms with Crippen LogP contribution in [0.15, 0.2) is 30.3 Å². The Balaban J connectivity index is 2.59. The van der Waals surface area contributed by atoms with Crippen LogP contribution in [0.4, 0.5) is 4.79 Å². The lowest BCUT2D eigenvalue weighted by Crippen LogP contribution is -2.40. The average Bonchev–Trinajstić information content (AvgIpc) is 2.30. The van der Waals surface area contributed by atoms with Gasteiger partial charge < -0.3 is 15.5 Å². The van der Waals surface area contributed by atoms with Crippen LogP contribution in [0.25, 0.3) is 0 Å². The Labute approximate surface area is 103 Å². The van der Waals surface area contributed by atoms with E-state index in [1.807, 2.05) is 39.2 Å². The van der Waals surface area contributed by atoms with E-state index in [-0.39, 0.29) is 12.1 Å². The molecule has 0 saturated heterocycles. The van der Waals surface area contributed by atoms with E-state index in [4.69, 9.17) is 0 Å². The van der Waals surface area contributed by atoms with Crippen LogP contribution >= 0.6 is 0 Å². The third kappa shape index (κ3) is 4.44. The van der Waals surface area contributed by atoms with Crippen LogP contribution in [0.5, 0.6) is 0 Å². The molecule has 4 heteroatoms. The van der Waals surface area contributed by atoms with Crippen molar-refractivity contribution in [1.29, 1.82) is 0 Å². The molecule has 2 amide bonds. The van der Waals surface area contributed by atoms with Crippen LogP contribution in [-0.2, 0) is 0 Å². The first-order chi connectivity index (χ1) is 8.15. The number of urea groups is 1. The minimum Gasteiger partial charge on any atom is -0.338 e. The van der Waals surface area contributed by atoms with E-state index in [2.05, 4.69) is 27.7 Å². The molecular weight excluding hydrogens is 214 g/mol. The molecule has 2 N–H and O–H groups in total. The molecule has 1 aromatic carbocycles. The second-order valence-electron chi connectivity index (χ2n) is 4.13. The number of hydrogen-bond acceptors (Lipinski definition) is 2. The molecule has 1 rings (SSSR count). The van der Waals surface area contributed by atoms with Gasteiger partial charge in [-0.25, -0.2) is 4.79 Å². The smallest absolute Gasteiger partial charge is 0.314 e. The highest BCUT2D eigenvalue weighted by atomic mass is 16.2. The highest BCUT2D eigenvalue weighted by molar-refractivity contribution is 5.73. The molecule has 0 fully saturated rings. The Morgan fingerprint density at radius 2 is 1.88 bits per heavy atom. The van der Waals surface area contributed by atoms with Gasteiger partial charge in [0.1, 0.15) is 0 Å². The lowest BCUT2D eigenvalue weighted by molar-refractivity contribution is 0.233. The maximum Gasteiger partial charge on any atom is 0.314 e. The van der Waals surface area contributed by atoms with Crippen LogP contribution in [0.3, 0.4) is 0 Å². The third-order valence-electron chi connectivity index (χ3n) is 2.60. The van der Waals surface area contributed by atoms with Crippen LogP contribution in [0.1, 0.15) is 18.5 Å². The number of carbonyl (C=O) groups excluding carboxylic acids is 1. The van der Waals surface area contributed by atoms with Crippen molar-refractivity contribution in [3.05, 3.63) is 35.9 Å². The van der Waals surface area contributed by atoms with Gasteiger partial charge in [0, 0.05) is 13.1 Å². The summed E-state index contributed by atoms with van der Waals surface area (Å²) in [7, 11) is 4.02. The van der Waals surface area contributed by atoms with Crippen molar-refractivity contribution in [3.8, 4) is 0 Å². The number of benzene rings is 1. The Morgan fingerprint density at radius 3 is 2.41 bits per heavy atom. The van der Waals surface area contributed by atoms with Crippen molar-refractivity contribution in [1.82, 2.24) is 15.5 Å². The molecule has 0 spiro atoms. The van der Waals surface area contributed by atoms with Crippen LogP contribution in [-0.4, -0.2) is 38.1 Å². The summed E-state index contributed by atoms with van der Waals surface area (Å²) in [6.45, 7) is 3.15. The second-order valence-corrected chi connectivity index (χ2v) is 4.13. The van der Waals surface area contributed by atoms with Gasteiger partial charge in [-0.2, -0.15) is 0 Å². The molecule has 17 heavy (non-hydrogen) atoms. The number of nitrogens with one attached hydrogen (secondary N) is 2. The van der Waals surface area contributed by atoms with Crippen molar-refractivity contribution >= 4 is 6.03 Å². The highest BCUT2D eigenvalue weighted by Crippen LogP contribution is 2.16. The van der Waals surface area contributed by atoms with E-state index in [9.17, 15) is 4.79 Å². The maximum absolute atomic E-state index is 11.4. The maximum atomic E-state index is 11.4. The molecular formula is C13H21N3O. The summed E-state index contributed by atoms with van der Waals surface area (Å²) in [6, 6.07) is 10.2. The first-order valence-corrected chi connectivity index (χ1v) is 5.88. The van der Waals surface area contributed by atoms with Crippen molar-refractivity contribution < 1.29 is 4.79 Å². The number of amides is 2. The number of hydrogen-bond donors (Lipinski definition) is 2. The van der Waals surface area contributed by atoms with Gasteiger partial charge in [-0.15, -0.1) is 0 Å². The molecule has 0 aromatic heterocycles. The van der Waals surface area contributed by atoms with Crippen LogP contribution in [0.2, 0.25) is 0 Å². The molecule has 0 radical (unpaired) electrons. The van der Waals surface area contributed by atoms with Gasteiger partial charge in [-0.1, -0.05) is 30.3 Å². The first kappa shape index (κ1) is 13.5. The molecule has 0 aliphatic rings. The molecule has 1 aromatic rings. The molecule has 0 aliphatic heterocycles. The predicted octanol–water partition coefficient (Wildman–Crippen LogP) is 1.61. The SMILES string of the molecule is CCNC(=O)NCC(c1ccccc1)N(C)C. The summed E-state index contributed by atoms with van der Waals surface area (Å²) in [5.41, 5.74) is 1.20. The third-order valence-corrected chi connectivity index (χ3v) is 2.60. The lowest BCUT2D eigenvalue weighted by atomic mass is 10.1. The van der Waals surface area contributed by atoms with Crippen LogP contribution in [0, 0.1) is 0 Å². The van der Waals surface area contributed by atoms with E-state index >= 15 is 0 Å². The van der Waals surface area contributed by atoms with Crippen molar-refractivity contribution in [2.45, 2.75) is 13.0 Å². The van der Waals surface area contributed by atoms with E-state index < -0.39 is 0 Å². The number of carbonyl (C=O) groups is 1. The topological polar surface area (TPSA) is 44.4 Å². The first-order valence-electron chi connectivity index (χ1n) is 5.88. The summed E-state index contributed by atoms with van der Waals surface area (Å²) in [6.07, 6.45) is 0. The Morgan fingerprint density at radius 1 is 1.24 bits per heavy atom. The van der Waals surface area contributed by atoms with Gasteiger partial charge in [0.2, 0.25) is 0 Å². The van der Waals surface area contributed by atoms with Gasteiger partial charge >= 0.3 is 6.03 Å². The Bertz CT molecular complexity index is 338. The molecule has 94 valence electrons. The molecule has 0 bridgehead atoms. The highest BCUT2D eigenvalue weighted by Gasteiger charge is 2.14. The molecule has 1 unspecified atom stereocenters. The minimum atomic E-state index is -0.115. The number of nitrogens with zero attached hydrogens (tertiary/aromatic N) is 1. The van der Waals surface area contributed by atoms with E-state index in [1.165, 1.54) is 5.56 Å². The standard InChI is InChI=1S/C13H21N3O/c1-4-14-13(17)15-10-12(16(2)3)11-8-6-5-7-9-11/h5-9,12H,4,10H2,1-3H3,(H2,14,15,17). The summed E-state index contributed by atoms with van der Waals surface area (Å²) in [5.74, 6) is 0. The zero-order chi connectivity index (χ0) is 12.7. The fourth-order valence-electron chi connectivity index (χ4n) is 1.69. The zero-order valence-corrected chi connectivity index (χ0v) is 10.7.